The van der Waals surface area contributed by atoms with Crippen molar-refractivity contribution in [2.24, 2.45) is 5.92 Å². The molecule has 2 aliphatic rings. The summed E-state index contributed by atoms with van der Waals surface area (Å²) in [6.07, 6.45) is 6.44. The molecular formula is C27H42N4O4. The summed E-state index contributed by atoms with van der Waals surface area (Å²) >= 11 is 0. The molecule has 8 nitrogen and oxygen atoms in total. The highest BCUT2D eigenvalue weighted by Crippen LogP contribution is 2.19. The van der Waals surface area contributed by atoms with Gasteiger partial charge in [-0.3, -0.25) is 9.59 Å². The zero-order valence-corrected chi connectivity index (χ0v) is 21.5. The summed E-state index contributed by atoms with van der Waals surface area (Å²) in [6.45, 7) is 7.64. The van der Waals surface area contributed by atoms with Gasteiger partial charge in [-0.15, -0.1) is 0 Å². The van der Waals surface area contributed by atoms with Gasteiger partial charge < -0.3 is 25.2 Å². The van der Waals surface area contributed by atoms with Gasteiger partial charge in [0.05, 0.1) is 6.61 Å². The highest BCUT2D eigenvalue weighted by molar-refractivity contribution is 5.88. The van der Waals surface area contributed by atoms with Crippen molar-refractivity contribution in [2.75, 3.05) is 26.2 Å². The number of piperazine rings is 1. The lowest BCUT2D eigenvalue weighted by atomic mass is 9.95. The summed E-state index contributed by atoms with van der Waals surface area (Å²) < 4.78 is 5.55. The Hall–Kier alpha value is -2.61. The number of rotatable bonds is 9. The first kappa shape index (κ1) is 27.0. The average molecular weight is 487 g/mol. The maximum absolute atomic E-state index is 13.4. The van der Waals surface area contributed by atoms with E-state index in [1.807, 2.05) is 56.0 Å². The van der Waals surface area contributed by atoms with Crippen LogP contribution in [0.15, 0.2) is 30.3 Å². The topological polar surface area (TPSA) is 91.0 Å². The van der Waals surface area contributed by atoms with Crippen molar-refractivity contribution in [1.82, 2.24) is 20.4 Å². The van der Waals surface area contributed by atoms with Gasteiger partial charge in [0.15, 0.2) is 0 Å². The third kappa shape index (κ3) is 7.95. The van der Waals surface area contributed by atoms with E-state index in [2.05, 4.69) is 10.6 Å². The van der Waals surface area contributed by atoms with Gasteiger partial charge in [-0.1, -0.05) is 69.9 Å². The number of hydrogen-bond donors (Lipinski definition) is 2. The molecule has 0 spiro atoms. The standard InChI is InChI=1S/C27H42N4O4/c1-4-20(2)25(29-24(32)19-35-18-22-11-7-5-8-12-22)26(33)30-15-16-31(21(3)17-30)27(34)28-23-13-9-6-10-14-23/h5,7-8,11-12,20-21,23,25H,4,6,9-10,13-19H2,1-3H3,(H,28,34)(H,29,32). The molecule has 194 valence electrons. The van der Waals surface area contributed by atoms with Crippen LogP contribution < -0.4 is 10.6 Å². The molecule has 1 saturated heterocycles. The molecular weight excluding hydrogens is 444 g/mol. The van der Waals surface area contributed by atoms with Crippen LogP contribution in [0.2, 0.25) is 0 Å². The Labute approximate surface area is 209 Å². The lowest BCUT2D eigenvalue weighted by molar-refractivity contribution is -0.141. The minimum atomic E-state index is -0.609. The molecule has 1 aliphatic carbocycles. The Morgan fingerprint density at radius 1 is 1.09 bits per heavy atom. The number of carbonyl (C=O) groups is 3. The number of ether oxygens (including phenoxy) is 1. The first-order valence-electron chi connectivity index (χ1n) is 13.2. The number of hydrogen-bond acceptors (Lipinski definition) is 4. The molecule has 3 atom stereocenters. The molecule has 1 aromatic rings. The molecule has 35 heavy (non-hydrogen) atoms. The highest BCUT2D eigenvalue weighted by atomic mass is 16.5. The largest absolute Gasteiger partial charge is 0.367 e. The van der Waals surface area contributed by atoms with Gasteiger partial charge in [0, 0.05) is 31.7 Å². The van der Waals surface area contributed by atoms with Gasteiger partial charge in [0.1, 0.15) is 12.6 Å². The Morgan fingerprint density at radius 3 is 2.46 bits per heavy atom. The molecule has 8 heteroatoms. The van der Waals surface area contributed by atoms with Gasteiger partial charge in [0.2, 0.25) is 11.8 Å². The first-order valence-corrected chi connectivity index (χ1v) is 13.2. The van der Waals surface area contributed by atoms with Crippen molar-refractivity contribution >= 4 is 17.8 Å². The van der Waals surface area contributed by atoms with E-state index >= 15 is 0 Å². The fourth-order valence-electron chi connectivity index (χ4n) is 4.89. The third-order valence-corrected chi connectivity index (χ3v) is 7.27. The number of amides is 4. The van der Waals surface area contributed by atoms with Crippen LogP contribution in [0.1, 0.15) is 64.9 Å². The van der Waals surface area contributed by atoms with E-state index in [1.54, 1.807) is 4.90 Å². The van der Waals surface area contributed by atoms with Crippen LogP contribution in [0.25, 0.3) is 0 Å². The molecule has 0 aromatic heterocycles. The first-order chi connectivity index (χ1) is 16.9. The minimum absolute atomic E-state index is 0.0106. The number of benzene rings is 1. The second-order valence-corrected chi connectivity index (χ2v) is 10.0. The van der Waals surface area contributed by atoms with E-state index in [4.69, 9.17) is 4.74 Å². The minimum Gasteiger partial charge on any atom is -0.367 e. The fourth-order valence-corrected chi connectivity index (χ4v) is 4.89. The fraction of sp³-hybridized carbons (Fsp3) is 0.667. The molecule has 0 radical (unpaired) electrons. The third-order valence-electron chi connectivity index (χ3n) is 7.27. The molecule has 1 aromatic carbocycles. The second-order valence-electron chi connectivity index (χ2n) is 10.0. The summed E-state index contributed by atoms with van der Waals surface area (Å²) in [4.78, 5) is 42.5. The SMILES string of the molecule is CCC(C)C(NC(=O)COCc1ccccc1)C(=O)N1CCN(C(=O)NC2CCCCC2)C(C)C1. The lowest BCUT2D eigenvalue weighted by Gasteiger charge is -2.42. The van der Waals surface area contributed by atoms with Crippen LogP contribution in [0.4, 0.5) is 4.79 Å². The van der Waals surface area contributed by atoms with Crippen LogP contribution in [0.3, 0.4) is 0 Å². The predicted octanol–water partition coefficient (Wildman–Crippen LogP) is 3.31. The Kier molecular flexibility index (Phi) is 10.4. The molecule has 2 N–H and O–H groups in total. The summed E-state index contributed by atoms with van der Waals surface area (Å²) in [6, 6.07) is 9.22. The van der Waals surface area contributed by atoms with Crippen molar-refractivity contribution in [3.8, 4) is 0 Å². The van der Waals surface area contributed by atoms with Gasteiger partial charge in [-0.05, 0) is 31.2 Å². The summed E-state index contributed by atoms with van der Waals surface area (Å²) in [5.74, 6) is -0.392. The smallest absolute Gasteiger partial charge is 0.317 e. The highest BCUT2D eigenvalue weighted by Gasteiger charge is 2.35. The lowest BCUT2D eigenvalue weighted by Crippen LogP contribution is -2.62. The Morgan fingerprint density at radius 2 is 1.80 bits per heavy atom. The van der Waals surface area contributed by atoms with E-state index in [0.29, 0.717) is 26.2 Å². The molecule has 1 saturated carbocycles. The van der Waals surface area contributed by atoms with Crippen LogP contribution in [-0.2, 0) is 20.9 Å². The van der Waals surface area contributed by atoms with Crippen LogP contribution in [0, 0.1) is 5.92 Å². The van der Waals surface area contributed by atoms with E-state index in [1.165, 1.54) is 19.3 Å². The van der Waals surface area contributed by atoms with E-state index in [9.17, 15) is 14.4 Å². The molecule has 1 aliphatic heterocycles. The van der Waals surface area contributed by atoms with Crippen molar-refractivity contribution in [3.05, 3.63) is 35.9 Å². The van der Waals surface area contributed by atoms with E-state index in [-0.39, 0.29) is 42.5 Å². The van der Waals surface area contributed by atoms with Gasteiger partial charge >= 0.3 is 6.03 Å². The van der Waals surface area contributed by atoms with Crippen molar-refractivity contribution in [3.63, 3.8) is 0 Å². The quantitative estimate of drug-likeness (QED) is 0.560. The zero-order valence-electron chi connectivity index (χ0n) is 21.5. The maximum Gasteiger partial charge on any atom is 0.317 e. The molecule has 4 amide bonds. The van der Waals surface area contributed by atoms with Crippen LogP contribution in [-0.4, -0.2) is 72.0 Å². The summed E-state index contributed by atoms with van der Waals surface area (Å²) in [5.41, 5.74) is 0.995. The monoisotopic (exact) mass is 486 g/mol. The number of urea groups is 1. The molecule has 1 heterocycles. The Bertz CT molecular complexity index is 828. The van der Waals surface area contributed by atoms with Gasteiger partial charge in [0.25, 0.3) is 0 Å². The van der Waals surface area contributed by atoms with Gasteiger partial charge in [-0.2, -0.15) is 0 Å². The Balaban J connectivity index is 1.50. The van der Waals surface area contributed by atoms with Crippen LogP contribution >= 0.6 is 0 Å². The molecule has 0 bridgehead atoms. The number of nitrogens with zero attached hydrogens (tertiary/aromatic N) is 2. The maximum atomic E-state index is 13.4. The number of carbonyl (C=O) groups excluding carboxylic acids is 3. The van der Waals surface area contributed by atoms with Crippen molar-refractivity contribution < 1.29 is 19.1 Å². The predicted molar refractivity (Wildman–Crippen MR) is 136 cm³/mol. The van der Waals surface area contributed by atoms with E-state index in [0.717, 1.165) is 24.8 Å². The van der Waals surface area contributed by atoms with Crippen LogP contribution in [0.5, 0.6) is 0 Å². The van der Waals surface area contributed by atoms with E-state index < -0.39 is 6.04 Å². The summed E-state index contributed by atoms with van der Waals surface area (Å²) in [5, 5.41) is 6.09. The van der Waals surface area contributed by atoms with Crippen molar-refractivity contribution in [2.45, 2.75) is 84.0 Å². The molecule has 3 rings (SSSR count). The normalized spacial score (nSPS) is 20.7. The molecule has 3 unspecified atom stereocenters. The second kappa shape index (κ2) is 13.5. The zero-order chi connectivity index (χ0) is 25.2. The van der Waals surface area contributed by atoms with Crippen molar-refractivity contribution in [1.29, 1.82) is 0 Å². The van der Waals surface area contributed by atoms with Gasteiger partial charge in [-0.25, -0.2) is 4.79 Å². The number of nitrogens with one attached hydrogen (secondary N) is 2. The molecule has 2 fully saturated rings. The summed E-state index contributed by atoms with van der Waals surface area (Å²) in [7, 11) is 0. The average Bonchev–Trinajstić information content (AvgIpc) is 2.87.